The number of nitrogens with two attached hydrogens (primary N) is 2. The smallest absolute Gasteiger partial charge is 0.159 e. The van der Waals surface area contributed by atoms with Crippen LogP contribution in [-0.2, 0) is 0 Å². The van der Waals surface area contributed by atoms with Gasteiger partial charge in [-0.05, 0) is 42.8 Å². The van der Waals surface area contributed by atoms with E-state index in [1.54, 1.807) is 18.2 Å². The second-order valence-electron chi connectivity index (χ2n) is 3.98. The third-order valence-corrected chi connectivity index (χ3v) is 2.66. The molecule has 2 rings (SSSR count). The summed E-state index contributed by atoms with van der Waals surface area (Å²) in [6.45, 7) is 1.54. The molecule has 86 valence electrons. The maximum Gasteiger partial charge on any atom is 0.159 e. The highest BCUT2D eigenvalue weighted by atomic mass is 16.1. The molecule has 4 N–H and O–H groups in total. The van der Waals surface area contributed by atoms with Gasteiger partial charge in [0.25, 0.3) is 0 Å². The van der Waals surface area contributed by atoms with Crippen LogP contribution < -0.4 is 11.5 Å². The fourth-order valence-corrected chi connectivity index (χ4v) is 1.73. The number of anilines is 2. The Morgan fingerprint density at radius 1 is 1.06 bits per heavy atom. The van der Waals surface area contributed by atoms with Gasteiger partial charge >= 0.3 is 0 Å². The van der Waals surface area contributed by atoms with Gasteiger partial charge in [-0.15, -0.1) is 0 Å². The molecular weight excluding hydrogens is 212 g/mol. The van der Waals surface area contributed by atoms with E-state index in [9.17, 15) is 4.79 Å². The van der Waals surface area contributed by atoms with Gasteiger partial charge in [0.1, 0.15) is 0 Å². The van der Waals surface area contributed by atoms with Crippen LogP contribution in [0.2, 0.25) is 0 Å². The Morgan fingerprint density at radius 2 is 1.82 bits per heavy atom. The second-order valence-corrected chi connectivity index (χ2v) is 3.98. The summed E-state index contributed by atoms with van der Waals surface area (Å²) in [5.74, 6) is 0.0233. The van der Waals surface area contributed by atoms with Crippen molar-refractivity contribution in [3.05, 3.63) is 48.0 Å². The molecule has 17 heavy (non-hydrogen) atoms. The zero-order valence-corrected chi connectivity index (χ0v) is 9.60. The van der Waals surface area contributed by atoms with Gasteiger partial charge in [-0.25, -0.2) is 0 Å². The van der Waals surface area contributed by atoms with E-state index in [0.29, 0.717) is 16.9 Å². The van der Waals surface area contributed by atoms with Gasteiger partial charge in [0, 0.05) is 22.5 Å². The maximum absolute atomic E-state index is 11.3. The molecule has 2 aromatic rings. The van der Waals surface area contributed by atoms with Crippen LogP contribution in [0.4, 0.5) is 11.4 Å². The monoisotopic (exact) mass is 226 g/mol. The summed E-state index contributed by atoms with van der Waals surface area (Å²) in [6, 6.07) is 12.7. The summed E-state index contributed by atoms with van der Waals surface area (Å²) in [6.07, 6.45) is 0. The largest absolute Gasteiger partial charge is 0.399 e. The lowest BCUT2D eigenvalue weighted by molar-refractivity contribution is 0.101. The fraction of sp³-hybridized carbons (Fsp3) is 0.0714. The van der Waals surface area contributed by atoms with Crippen LogP contribution in [-0.4, -0.2) is 5.78 Å². The molecular formula is C14H14N2O. The Morgan fingerprint density at radius 3 is 2.47 bits per heavy atom. The van der Waals surface area contributed by atoms with Gasteiger partial charge < -0.3 is 11.5 Å². The number of hydrogen-bond donors (Lipinski definition) is 2. The topological polar surface area (TPSA) is 69.1 Å². The van der Waals surface area contributed by atoms with E-state index in [0.717, 1.165) is 11.1 Å². The van der Waals surface area contributed by atoms with Crippen LogP contribution in [0.5, 0.6) is 0 Å². The van der Waals surface area contributed by atoms with Crippen molar-refractivity contribution in [2.45, 2.75) is 6.92 Å². The Hall–Kier alpha value is -2.29. The molecule has 0 saturated heterocycles. The molecule has 2 aromatic carbocycles. The van der Waals surface area contributed by atoms with E-state index < -0.39 is 0 Å². The minimum absolute atomic E-state index is 0.0233. The van der Waals surface area contributed by atoms with E-state index in [1.807, 2.05) is 24.3 Å². The third-order valence-electron chi connectivity index (χ3n) is 2.66. The molecule has 0 unspecified atom stereocenters. The minimum Gasteiger partial charge on any atom is -0.399 e. The fourth-order valence-electron chi connectivity index (χ4n) is 1.73. The summed E-state index contributed by atoms with van der Waals surface area (Å²) in [5, 5.41) is 0. The minimum atomic E-state index is 0.0233. The van der Waals surface area contributed by atoms with E-state index in [4.69, 9.17) is 11.5 Å². The number of ketones is 1. The first-order chi connectivity index (χ1) is 8.08. The van der Waals surface area contributed by atoms with Gasteiger partial charge in [0.05, 0.1) is 0 Å². The lowest BCUT2D eigenvalue weighted by Crippen LogP contribution is -1.96. The third kappa shape index (κ3) is 2.28. The SMILES string of the molecule is CC(=O)c1ccc(N)c(-c2cccc(N)c2)c1. The Kier molecular flexibility index (Phi) is 2.83. The van der Waals surface area contributed by atoms with Crippen molar-refractivity contribution in [1.29, 1.82) is 0 Å². The standard InChI is InChI=1S/C14H14N2O/c1-9(17)10-5-6-14(16)13(8-10)11-3-2-4-12(15)7-11/h2-8H,15-16H2,1H3. The molecule has 0 saturated carbocycles. The van der Waals surface area contributed by atoms with Crippen LogP contribution >= 0.6 is 0 Å². The zero-order valence-electron chi connectivity index (χ0n) is 9.60. The highest BCUT2D eigenvalue weighted by Crippen LogP contribution is 2.28. The van der Waals surface area contributed by atoms with Crippen LogP contribution in [0, 0.1) is 0 Å². The quantitative estimate of drug-likeness (QED) is 0.611. The number of hydrogen-bond acceptors (Lipinski definition) is 3. The molecule has 0 aliphatic rings. The number of nitrogen functional groups attached to an aromatic ring is 2. The Balaban J connectivity index is 2.58. The molecule has 0 radical (unpaired) electrons. The van der Waals surface area contributed by atoms with Crippen molar-refractivity contribution in [3.8, 4) is 11.1 Å². The molecule has 0 aromatic heterocycles. The molecule has 0 spiro atoms. The first-order valence-corrected chi connectivity index (χ1v) is 5.34. The van der Waals surface area contributed by atoms with Crippen molar-refractivity contribution in [1.82, 2.24) is 0 Å². The van der Waals surface area contributed by atoms with Gasteiger partial charge in [-0.3, -0.25) is 4.79 Å². The first-order valence-electron chi connectivity index (χ1n) is 5.34. The number of rotatable bonds is 2. The van der Waals surface area contributed by atoms with Crippen LogP contribution in [0.25, 0.3) is 11.1 Å². The van der Waals surface area contributed by atoms with Gasteiger partial charge in [0.15, 0.2) is 5.78 Å². The lowest BCUT2D eigenvalue weighted by atomic mass is 9.99. The van der Waals surface area contributed by atoms with Crippen molar-refractivity contribution in [2.75, 3.05) is 11.5 Å². The Bertz CT molecular complexity index is 576. The molecule has 3 heteroatoms. The van der Waals surface area contributed by atoms with Crippen molar-refractivity contribution >= 4 is 17.2 Å². The van der Waals surface area contributed by atoms with Gasteiger partial charge in [0.2, 0.25) is 0 Å². The van der Waals surface area contributed by atoms with Crippen molar-refractivity contribution in [2.24, 2.45) is 0 Å². The van der Waals surface area contributed by atoms with Gasteiger partial charge in [-0.2, -0.15) is 0 Å². The second kappa shape index (κ2) is 4.29. The number of Topliss-reactive ketones (excluding diaryl/α,β-unsaturated/α-hetero) is 1. The number of carbonyl (C=O) groups excluding carboxylic acids is 1. The molecule has 0 aliphatic carbocycles. The van der Waals surface area contributed by atoms with Crippen molar-refractivity contribution in [3.63, 3.8) is 0 Å². The van der Waals surface area contributed by atoms with Crippen LogP contribution in [0.3, 0.4) is 0 Å². The molecule has 0 aliphatic heterocycles. The average molecular weight is 226 g/mol. The molecule has 0 atom stereocenters. The number of carbonyl (C=O) groups is 1. The molecule has 0 bridgehead atoms. The van der Waals surface area contributed by atoms with E-state index in [-0.39, 0.29) is 5.78 Å². The van der Waals surface area contributed by atoms with Crippen LogP contribution in [0.1, 0.15) is 17.3 Å². The lowest BCUT2D eigenvalue weighted by Gasteiger charge is -2.08. The maximum atomic E-state index is 11.3. The summed E-state index contributed by atoms with van der Waals surface area (Å²) < 4.78 is 0. The summed E-state index contributed by atoms with van der Waals surface area (Å²) in [7, 11) is 0. The van der Waals surface area contributed by atoms with E-state index in [2.05, 4.69) is 0 Å². The van der Waals surface area contributed by atoms with E-state index >= 15 is 0 Å². The molecule has 0 amide bonds. The predicted molar refractivity (Wildman–Crippen MR) is 70.7 cm³/mol. The molecule has 3 nitrogen and oxygen atoms in total. The molecule has 0 fully saturated rings. The summed E-state index contributed by atoms with van der Waals surface area (Å²) in [4.78, 5) is 11.3. The Labute approximate surface area is 100 Å². The zero-order chi connectivity index (χ0) is 12.4. The van der Waals surface area contributed by atoms with Crippen LogP contribution in [0.15, 0.2) is 42.5 Å². The predicted octanol–water partition coefficient (Wildman–Crippen LogP) is 2.72. The average Bonchev–Trinajstić information content (AvgIpc) is 2.29. The van der Waals surface area contributed by atoms with E-state index in [1.165, 1.54) is 6.92 Å². The summed E-state index contributed by atoms with van der Waals surface area (Å²) in [5.41, 5.74) is 15.4. The summed E-state index contributed by atoms with van der Waals surface area (Å²) >= 11 is 0. The highest BCUT2D eigenvalue weighted by molar-refractivity contribution is 5.96. The normalized spacial score (nSPS) is 10.2. The van der Waals surface area contributed by atoms with Gasteiger partial charge in [-0.1, -0.05) is 12.1 Å². The highest BCUT2D eigenvalue weighted by Gasteiger charge is 2.06. The first kappa shape index (κ1) is 11.2. The van der Waals surface area contributed by atoms with Crippen molar-refractivity contribution < 1.29 is 4.79 Å². The number of benzene rings is 2. The molecule has 0 heterocycles.